The first kappa shape index (κ1) is 18.2. The Hall–Kier alpha value is -4.13. The van der Waals surface area contributed by atoms with Gasteiger partial charge in [0, 0.05) is 23.3 Å². The van der Waals surface area contributed by atoms with Gasteiger partial charge in [-0.05, 0) is 36.4 Å². The number of aromatic nitrogens is 2. The summed E-state index contributed by atoms with van der Waals surface area (Å²) in [6.07, 6.45) is 3.30. The fourth-order valence-corrected chi connectivity index (χ4v) is 2.92. The molecule has 142 valence electrons. The molecule has 7 heteroatoms. The molecule has 0 bridgehead atoms. The van der Waals surface area contributed by atoms with E-state index in [1.165, 1.54) is 24.3 Å². The van der Waals surface area contributed by atoms with E-state index in [4.69, 9.17) is 0 Å². The highest BCUT2D eigenvalue weighted by Gasteiger charge is 2.16. The minimum atomic E-state index is -0.748. The molecule has 2 heterocycles. The number of carbonyl (C=O) groups is 2. The van der Waals surface area contributed by atoms with Crippen LogP contribution in [-0.2, 0) is 0 Å². The van der Waals surface area contributed by atoms with Gasteiger partial charge in [0.2, 0.25) is 0 Å². The molecule has 0 aliphatic heterocycles. The van der Waals surface area contributed by atoms with Gasteiger partial charge in [-0.25, -0.2) is 9.37 Å². The van der Waals surface area contributed by atoms with Crippen molar-refractivity contribution in [1.29, 1.82) is 0 Å². The minimum absolute atomic E-state index is 0.163. The summed E-state index contributed by atoms with van der Waals surface area (Å²) in [7, 11) is 0. The number of rotatable bonds is 3. The van der Waals surface area contributed by atoms with Crippen LogP contribution in [0.15, 0.2) is 79.1 Å². The molecule has 0 aliphatic rings. The van der Waals surface area contributed by atoms with Gasteiger partial charge in [0.15, 0.2) is 0 Å². The van der Waals surface area contributed by atoms with Gasteiger partial charge in [-0.1, -0.05) is 30.3 Å². The van der Waals surface area contributed by atoms with E-state index in [2.05, 4.69) is 20.8 Å². The van der Waals surface area contributed by atoms with Gasteiger partial charge in [-0.2, -0.15) is 0 Å². The second kappa shape index (κ2) is 7.85. The Kier molecular flexibility index (Phi) is 4.94. The average Bonchev–Trinajstić information content (AvgIpc) is 2.77. The summed E-state index contributed by atoms with van der Waals surface area (Å²) in [5, 5.41) is 0.623. The van der Waals surface area contributed by atoms with Crippen molar-refractivity contribution in [3.8, 4) is 11.3 Å². The highest BCUT2D eigenvalue weighted by Crippen LogP contribution is 2.24. The van der Waals surface area contributed by atoms with Crippen LogP contribution in [0.25, 0.3) is 22.2 Å². The van der Waals surface area contributed by atoms with Crippen LogP contribution in [0.3, 0.4) is 0 Å². The van der Waals surface area contributed by atoms with Crippen molar-refractivity contribution in [2.45, 2.75) is 0 Å². The number of para-hydroxylation sites is 1. The lowest BCUT2D eigenvalue weighted by Crippen LogP contribution is -2.42. The molecule has 6 nitrogen and oxygen atoms in total. The Morgan fingerprint density at radius 2 is 1.55 bits per heavy atom. The first-order chi connectivity index (χ1) is 14.1. The summed E-state index contributed by atoms with van der Waals surface area (Å²) in [6, 6.07) is 18.0. The van der Waals surface area contributed by atoms with E-state index in [9.17, 15) is 14.0 Å². The Labute approximate surface area is 165 Å². The smallest absolute Gasteiger partial charge is 0.267 e. The Morgan fingerprint density at radius 1 is 0.828 bits per heavy atom. The van der Waals surface area contributed by atoms with Crippen LogP contribution < -0.4 is 10.9 Å². The third-order valence-corrected chi connectivity index (χ3v) is 4.33. The number of hydrazine groups is 1. The maximum Gasteiger partial charge on any atom is 0.272 e. The Balaban J connectivity index is 1.65. The number of fused-ring (bicyclic) bond motifs is 1. The van der Waals surface area contributed by atoms with Crippen molar-refractivity contribution in [2.24, 2.45) is 0 Å². The highest BCUT2D eigenvalue weighted by molar-refractivity contribution is 6.08. The molecule has 2 N–H and O–H groups in total. The van der Waals surface area contributed by atoms with Crippen molar-refractivity contribution in [1.82, 2.24) is 20.8 Å². The molecule has 29 heavy (non-hydrogen) atoms. The topological polar surface area (TPSA) is 84.0 Å². The van der Waals surface area contributed by atoms with Crippen LogP contribution in [0.5, 0.6) is 0 Å². The molecular weight excluding hydrogens is 371 g/mol. The van der Waals surface area contributed by atoms with Gasteiger partial charge in [0.25, 0.3) is 11.8 Å². The van der Waals surface area contributed by atoms with Gasteiger partial charge < -0.3 is 0 Å². The zero-order valence-corrected chi connectivity index (χ0v) is 15.1. The quantitative estimate of drug-likeness (QED) is 0.528. The van der Waals surface area contributed by atoms with Crippen LogP contribution in [0.1, 0.15) is 20.7 Å². The van der Waals surface area contributed by atoms with Crippen molar-refractivity contribution in [3.05, 3.63) is 96.1 Å². The molecule has 2 aromatic carbocycles. The van der Waals surface area contributed by atoms with Crippen LogP contribution in [0, 0.1) is 5.82 Å². The molecule has 0 radical (unpaired) electrons. The minimum Gasteiger partial charge on any atom is -0.267 e. The van der Waals surface area contributed by atoms with Gasteiger partial charge >= 0.3 is 0 Å². The summed E-state index contributed by atoms with van der Waals surface area (Å²) in [5.74, 6) is -1.96. The van der Waals surface area contributed by atoms with E-state index in [1.807, 2.05) is 12.1 Å². The molecule has 4 rings (SSSR count). The van der Waals surface area contributed by atoms with Crippen molar-refractivity contribution in [3.63, 3.8) is 0 Å². The Morgan fingerprint density at radius 3 is 2.31 bits per heavy atom. The fraction of sp³-hybridized carbons (Fsp3) is 0. The number of carbonyl (C=O) groups excluding carboxylic acids is 2. The lowest BCUT2D eigenvalue weighted by molar-refractivity contribution is 0.0845. The number of hydrogen-bond donors (Lipinski definition) is 2. The van der Waals surface area contributed by atoms with Crippen molar-refractivity contribution in [2.75, 3.05) is 0 Å². The van der Waals surface area contributed by atoms with Gasteiger partial charge in [-0.3, -0.25) is 25.4 Å². The van der Waals surface area contributed by atoms with Crippen LogP contribution in [0.2, 0.25) is 0 Å². The number of nitrogens with zero attached hydrogens (tertiary/aromatic N) is 2. The molecule has 0 spiro atoms. The van der Waals surface area contributed by atoms with Crippen LogP contribution in [-0.4, -0.2) is 21.8 Å². The van der Waals surface area contributed by atoms with Crippen molar-refractivity contribution < 1.29 is 14.0 Å². The lowest BCUT2D eigenvalue weighted by Gasteiger charge is -2.11. The maximum atomic E-state index is 13.7. The molecular formula is C22H15FN4O2. The van der Waals surface area contributed by atoms with E-state index >= 15 is 0 Å². The van der Waals surface area contributed by atoms with Crippen molar-refractivity contribution >= 4 is 22.7 Å². The molecule has 2 amide bonds. The third-order valence-electron chi connectivity index (χ3n) is 4.33. The monoisotopic (exact) mass is 386 g/mol. The lowest BCUT2D eigenvalue weighted by atomic mass is 10.0. The number of benzene rings is 2. The number of hydrogen-bond acceptors (Lipinski definition) is 4. The first-order valence-corrected chi connectivity index (χ1v) is 8.79. The highest BCUT2D eigenvalue weighted by atomic mass is 19.1. The first-order valence-electron chi connectivity index (χ1n) is 8.79. The average molecular weight is 386 g/mol. The van der Waals surface area contributed by atoms with Crippen LogP contribution >= 0.6 is 0 Å². The predicted molar refractivity (Wildman–Crippen MR) is 106 cm³/mol. The summed E-state index contributed by atoms with van der Waals surface area (Å²) < 4.78 is 13.7. The predicted octanol–water partition coefficient (Wildman–Crippen LogP) is 3.51. The SMILES string of the molecule is O=C(NNC(=O)c1cc(-c2cccnc2)nc2ccccc12)c1ccccc1F. The van der Waals surface area contributed by atoms with Gasteiger partial charge in [-0.15, -0.1) is 0 Å². The number of halogens is 1. The normalized spacial score (nSPS) is 10.5. The van der Waals surface area contributed by atoms with E-state index < -0.39 is 17.6 Å². The summed E-state index contributed by atoms with van der Waals surface area (Å²) >= 11 is 0. The third kappa shape index (κ3) is 3.79. The summed E-state index contributed by atoms with van der Waals surface area (Å²) in [6.45, 7) is 0. The van der Waals surface area contributed by atoms with E-state index in [0.29, 0.717) is 22.2 Å². The van der Waals surface area contributed by atoms with Crippen LogP contribution in [0.4, 0.5) is 4.39 Å². The molecule has 0 atom stereocenters. The molecule has 0 aliphatic carbocycles. The molecule has 0 saturated carbocycles. The second-order valence-corrected chi connectivity index (χ2v) is 6.20. The largest absolute Gasteiger partial charge is 0.272 e. The maximum absolute atomic E-state index is 13.7. The molecule has 0 fully saturated rings. The molecule has 4 aromatic rings. The summed E-state index contributed by atoms with van der Waals surface area (Å²) in [5.41, 5.74) is 6.71. The van der Waals surface area contributed by atoms with E-state index in [-0.39, 0.29) is 5.56 Å². The molecule has 0 saturated heterocycles. The van der Waals surface area contributed by atoms with Gasteiger partial charge in [0.05, 0.1) is 22.3 Å². The fourth-order valence-electron chi connectivity index (χ4n) is 2.92. The second-order valence-electron chi connectivity index (χ2n) is 6.20. The van der Waals surface area contributed by atoms with Gasteiger partial charge in [0.1, 0.15) is 5.82 Å². The zero-order chi connectivity index (χ0) is 20.2. The standard InChI is InChI=1S/C22H15FN4O2/c23-18-9-3-1-8-16(18)21(28)26-27-22(29)17-12-20(14-6-5-11-24-13-14)25-19-10-4-2-7-15(17)19/h1-13H,(H,26,28)(H,27,29). The van der Waals surface area contributed by atoms with E-state index in [0.717, 1.165) is 5.56 Å². The molecule has 0 unspecified atom stereocenters. The zero-order valence-electron chi connectivity index (χ0n) is 15.1. The number of nitrogens with one attached hydrogen (secondary N) is 2. The van der Waals surface area contributed by atoms with E-state index in [1.54, 1.807) is 42.7 Å². The molecule has 2 aromatic heterocycles. The number of pyridine rings is 2. The number of amides is 2. The summed E-state index contributed by atoms with van der Waals surface area (Å²) in [4.78, 5) is 33.6. The Bertz CT molecular complexity index is 1210.